The van der Waals surface area contributed by atoms with Crippen LogP contribution in [0.25, 0.3) is 0 Å². The van der Waals surface area contributed by atoms with Gasteiger partial charge in [0.1, 0.15) is 5.75 Å². The minimum Gasteiger partial charge on any atom is -0.435 e. The largest absolute Gasteiger partial charge is 0.435 e. The fraction of sp³-hybridized carbons (Fsp3) is 0.278. The van der Waals surface area contributed by atoms with Crippen molar-refractivity contribution in [3.8, 4) is 5.75 Å². The molecule has 6 heteroatoms. The van der Waals surface area contributed by atoms with Gasteiger partial charge < -0.3 is 15.4 Å². The van der Waals surface area contributed by atoms with E-state index in [-0.39, 0.29) is 23.9 Å². The average molecular weight is 334 g/mol. The molecule has 2 aromatic carbocycles. The predicted octanol–water partition coefficient (Wildman–Crippen LogP) is 4.41. The van der Waals surface area contributed by atoms with Crippen molar-refractivity contribution in [2.45, 2.75) is 32.5 Å². The van der Waals surface area contributed by atoms with E-state index in [0.29, 0.717) is 0 Å². The van der Waals surface area contributed by atoms with Gasteiger partial charge in [0.2, 0.25) is 0 Å². The Bertz CT molecular complexity index is 648. The van der Waals surface area contributed by atoms with Gasteiger partial charge in [0.15, 0.2) is 0 Å². The van der Waals surface area contributed by atoms with Gasteiger partial charge in [0.05, 0.1) is 12.1 Å². The van der Waals surface area contributed by atoms with E-state index in [1.807, 2.05) is 44.2 Å². The lowest BCUT2D eigenvalue weighted by Crippen LogP contribution is -2.38. The Kier molecular flexibility index (Phi) is 6.12. The van der Waals surface area contributed by atoms with Gasteiger partial charge in [-0.1, -0.05) is 42.5 Å². The predicted molar refractivity (Wildman–Crippen MR) is 88.0 cm³/mol. The maximum absolute atomic E-state index is 12.1. The highest BCUT2D eigenvalue weighted by Crippen LogP contribution is 2.19. The summed E-state index contributed by atoms with van der Waals surface area (Å²) in [6.07, 6.45) is 0. The molecule has 0 aromatic heterocycles. The summed E-state index contributed by atoms with van der Waals surface area (Å²) in [6, 6.07) is 15.1. The number of hydrogen-bond donors (Lipinski definition) is 2. The van der Waals surface area contributed by atoms with Crippen LogP contribution in [0.5, 0.6) is 5.75 Å². The molecule has 0 fully saturated rings. The van der Waals surface area contributed by atoms with E-state index in [0.717, 1.165) is 11.1 Å². The Morgan fingerprint density at radius 3 is 1.88 bits per heavy atom. The smallest absolute Gasteiger partial charge is 0.387 e. The zero-order valence-electron chi connectivity index (χ0n) is 13.5. The van der Waals surface area contributed by atoms with Crippen LogP contribution in [0.15, 0.2) is 54.6 Å². The van der Waals surface area contributed by atoms with Crippen LogP contribution in [0.4, 0.5) is 13.6 Å². The van der Waals surface area contributed by atoms with E-state index in [1.165, 1.54) is 12.1 Å². The first kappa shape index (κ1) is 17.7. The van der Waals surface area contributed by atoms with Crippen molar-refractivity contribution in [1.29, 1.82) is 0 Å². The van der Waals surface area contributed by atoms with Crippen molar-refractivity contribution in [2.24, 2.45) is 0 Å². The van der Waals surface area contributed by atoms with Crippen molar-refractivity contribution in [3.05, 3.63) is 65.7 Å². The Morgan fingerprint density at radius 1 is 0.875 bits per heavy atom. The second-order valence-corrected chi connectivity index (χ2v) is 5.42. The number of rotatable bonds is 6. The van der Waals surface area contributed by atoms with Crippen LogP contribution in [-0.2, 0) is 0 Å². The fourth-order valence-corrected chi connectivity index (χ4v) is 2.28. The van der Waals surface area contributed by atoms with Gasteiger partial charge >= 0.3 is 12.6 Å². The van der Waals surface area contributed by atoms with Crippen LogP contribution < -0.4 is 15.4 Å². The average Bonchev–Trinajstić information content (AvgIpc) is 2.55. The van der Waals surface area contributed by atoms with Crippen molar-refractivity contribution in [2.75, 3.05) is 0 Å². The molecule has 2 N–H and O–H groups in total. The molecule has 0 heterocycles. The number of carbonyl (C=O) groups excluding carboxylic acids is 1. The summed E-state index contributed by atoms with van der Waals surface area (Å²) in [5.74, 6) is 0.0862. The molecular formula is C18H20F2N2O2. The number of carbonyl (C=O) groups is 1. The van der Waals surface area contributed by atoms with Gasteiger partial charge in [0, 0.05) is 0 Å². The quantitative estimate of drug-likeness (QED) is 0.822. The van der Waals surface area contributed by atoms with Crippen molar-refractivity contribution in [3.63, 3.8) is 0 Å². The van der Waals surface area contributed by atoms with Crippen molar-refractivity contribution >= 4 is 6.03 Å². The van der Waals surface area contributed by atoms with E-state index in [4.69, 9.17) is 0 Å². The lowest BCUT2D eigenvalue weighted by Gasteiger charge is -2.19. The molecule has 0 radical (unpaired) electrons. The first-order valence-corrected chi connectivity index (χ1v) is 7.62. The number of benzene rings is 2. The molecule has 2 atom stereocenters. The normalized spacial score (nSPS) is 13.2. The van der Waals surface area contributed by atoms with E-state index < -0.39 is 6.61 Å². The number of halogens is 2. The fourth-order valence-electron chi connectivity index (χ4n) is 2.28. The molecule has 24 heavy (non-hydrogen) atoms. The van der Waals surface area contributed by atoms with Crippen molar-refractivity contribution in [1.82, 2.24) is 10.6 Å². The molecule has 2 rings (SSSR count). The maximum atomic E-state index is 12.1. The molecule has 0 spiro atoms. The molecule has 0 saturated heterocycles. The number of nitrogens with one attached hydrogen (secondary N) is 2. The highest BCUT2D eigenvalue weighted by atomic mass is 19.3. The summed E-state index contributed by atoms with van der Waals surface area (Å²) in [5.41, 5.74) is 1.80. The Hall–Kier alpha value is -2.63. The van der Waals surface area contributed by atoms with E-state index in [1.54, 1.807) is 12.1 Å². The highest BCUT2D eigenvalue weighted by molar-refractivity contribution is 5.74. The van der Waals surface area contributed by atoms with Gasteiger partial charge in [-0.2, -0.15) is 8.78 Å². The Morgan fingerprint density at radius 2 is 1.38 bits per heavy atom. The van der Waals surface area contributed by atoms with Crippen LogP contribution in [-0.4, -0.2) is 12.6 Å². The molecule has 2 amide bonds. The van der Waals surface area contributed by atoms with E-state index in [2.05, 4.69) is 15.4 Å². The summed E-state index contributed by atoms with van der Waals surface area (Å²) in [4.78, 5) is 12.1. The lowest BCUT2D eigenvalue weighted by atomic mass is 10.1. The SMILES string of the molecule is CC(NC(=O)NC(C)c1ccc(OC(F)F)cc1)c1ccccc1. The number of hydrogen-bond acceptors (Lipinski definition) is 2. The van der Waals surface area contributed by atoms with E-state index >= 15 is 0 Å². The third-order valence-electron chi connectivity index (χ3n) is 3.60. The van der Waals surface area contributed by atoms with Gasteiger partial charge in [-0.15, -0.1) is 0 Å². The molecule has 2 aromatic rings. The van der Waals surface area contributed by atoms with Crippen LogP contribution >= 0.6 is 0 Å². The molecule has 0 aliphatic heterocycles. The van der Waals surface area contributed by atoms with Gasteiger partial charge in [-0.3, -0.25) is 0 Å². The van der Waals surface area contributed by atoms with Gasteiger partial charge in [-0.05, 0) is 37.1 Å². The van der Waals surface area contributed by atoms with Gasteiger partial charge in [-0.25, -0.2) is 4.79 Å². The first-order valence-electron chi connectivity index (χ1n) is 7.62. The van der Waals surface area contributed by atoms with Crippen LogP contribution in [0.1, 0.15) is 37.1 Å². The second kappa shape index (κ2) is 8.29. The van der Waals surface area contributed by atoms with Crippen LogP contribution in [0.2, 0.25) is 0 Å². The minimum absolute atomic E-state index is 0.0862. The molecule has 0 aliphatic carbocycles. The zero-order chi connectivity index (χ0) is 17.5. The summed E-state index contributed by atoms with van der Waals surface area (Å²) < 4.78 is 28.5. The topological polar surface area (TPSA) is 50.4 Å². The number of ether oxygens (including phenoxy) is 1. The summed E-state index contributed by atoms with van der Waals surface area (Å²) in [5, 5.41) is 5.68. The van der Waals surface area contributed by atoms with E-state index in [9.17, 15) is 13.6 Å². The summed E-state index contributed by atoms with van der Waals surface area (Å²) >= 11 is 0. The van der Waals surface area contributed by atoms with Gasteiger partial charge in [0.25, 0.3) is 0 Å². The molecular weight excluding hydrogens is 314 g/mol. The molecule has 0 bridgehead atoms. The summed E-state index contributed by atoms with van der Waals surface area (Å²) in [6.45, 7) is 0.864. The number of urea groups is 1. The second-order valence-electron chi connectivity index (χ2n) is 5.42. The number of amides is 2. The minimum atomic E-state index is -2.85. The first-order chi connectivity index (χ1) is 11.5. The van der Waals surface area contributed by atoms with Crippen molar-refractivity contribution < 1.29 is 18.3 Å². The molecule has 0 saturated carbocycles. The highest BCUT2D eigenvalue weighted by Gasteiger charge is 2.13. The third kappa shape index (κ3) is 5.22. The monoisotopic (exact) mass is 334 g/mol. The number of alkyl halides is 2. The molecule has 4 nitrogen and oxygen atoms in total. The molecule has 2 unspecified atom stereocenters. The molecule has 128 valence electrons. The Labute approximate surface area is 139 Å². The molecule has 0 aliphatic rings. The Balaban J connectivity index is 1.89. The lowest BCUT2D eigenvalue weighted by molar-refractivity contribution is -0.0498. The van der Waals surface area contributed by atoms with Crippen LogP contribution in [0.3, 0.4) is 0 Å². The summed E-state index contributed by atoms with van der Waals surface area (Å²) in [7, 11) is 0. The standard InChI is InChI=1S/C18H20F2N2O2/c1-12(14-6-4-3-5-7-14)21-18(23)22-13(2)15-8-10-16(11-9-15)24-17(19)20/h3-13,17H,1-2H3,(H2,21,22,23). The maximum Gasteiger partial charge on any atom is 0.387 e. The zero-order valence-corrected chi connectivity index (χ0v) is 13.5. The third-order valence-corrected chi connectivity index (χ3v) is 3.60. The van der Waals surface area contributed by atoms with Crippen LogP contribution in [0, 0.1) is 0 Å².